The molecule has 4 nitrogen and oxygen atoms in total. The summed E-state index contributed by atoms with van der Waals surface area (Å²) in [5.74, 6) is 1.12. The maximum absolute atomic E-state index is 13.4. The predicted molar refractivity (Wildman–Crippen MR) is 78.2 cm³/mol. The fourth-order valence-electron chi connectivity index (χ4n) is 1.75. The van der Waals surface area contributed by atoms with Crippen LogP contribution in [0.25, 0.3) is 0 Å². The van der Waals surface area contributed by atoms with Gasteiger partial charge in [0.1, 0.15) is 11.6 Å². The van der Waals surface area contributed by atoms with E-state index in [0.717, 1.165) is 22.8 Å². The molecular weight excluding hydrogens is 275 g/mol. The summed E-state index contributed by atoms with van der Waals surface area (Å²) in [6.45, 7) is 7.68. The first kappa shape index (κ1) is 15.0. The van der Waals surface area contributed by atoms with Crippen molar-refractivity contribution < 1.29 is 4.39 Å². The van der Waals surface area contributed by atoms with Crippen LogP contribution in [0.15, 0.2) is 28.3 Å². The summed E-state index contributed by atoms with van der Waals surface area (Å²) in [6.07, 6.45) is 0. The molecule has 1 aromatic carbocycles. The number of aryl methyl sites for hydroxylation is 1. The van der Waals surface area contributed by atoms with E-state index in [4.69, 9.17) is 0 Å². The van der Waals surface area contributed by atoms with Crippen molar-refractivity contribution in [2.45, 2.75) is 37.4 Å². The first-order chi connectivity index (χ1) is 9.54. The van der Waals surface area contributed by atoms with Gasteiger partial charge in [-0.25, -0.2) is 9.37 Å². The monoisotopic (exact) mass is 294 g/mol. The zero-order chi connectivity index (χ0) is 14.5. The largest absolute Gasteiger partial charge is 0.312 e. The average Bonchev–Trinajstić information content (AvgIpc) is 2.78. The smallest absolute Gasteiger partial charge is 0.213 e. The zero-order valence-electron chi connectivity index (χ0n) is 11.9. The molecule has 0 unspecified atom stereocenters. The van der Waals surface area contributed by atoms with E-state index in [1.807, 2.05) is 6.92 Å². The topological polar surface area (TPSA) is 53.6 Å². The van der Waals surface area contributed by atoms with Crippen molar-refractivity contribution in [1.29, 1.82) is 0 Å². The number of aromatic amines is 1. The van der Waals surface area contributed by atoms with E-state index in [2.05, 4.69) is 34.3 Å². The van der Waals surface area contributed by atoms with Gasteiger partial charge in [0.05, 0.1) is 0 Å². The third-order valence-corrected chi connectivity index (χ3v) is 3.65. The van der Waals surface area contributed by atoms with E-state index in [1.165, 1.54) is 17.8 Å². The Kier molecular flexibility index (Phi) is 5.14. The predicted octanol–water partition coefficient (Wildman–Crippen LogP) is 3.15. The molecule has 0 saturated carbocycles. The summed E-state index contributed by atoms with van der Waals surface area (Å²) < 4.78 is 13.4. The van der Waals surface area contributed by atoms with Gasteiger partial charge < -0.3 is 5.32 Å². The van der Waals surface area contributed by atoms with Crippen LogP contribution in [0.1, 0.15) is 25.2 Å². The van der Waals surface area contributed by atoms with Crippen molar-refractivity contribution in [1.82, 2.24) is 20.5 Å². The summed E-state index contributed by atoms with van der Waals surface area (Å²) in [4.78, 5) is 5.23. The van der Waals surface area contributed by atoms with E-state index in [9.17, 15) is 4.39 Å². The van der Waals surface area contributed by atoms with Crippen molar-refractivity contribution in [3.05, 3.63) is 35.4 Å². The number of benzene rings is 1. The fourth-order valence-corrected chi connectivity index (χ4v) is 2.62. The normalized spacial score (nSPS) is 11.2. The second-order valence-corrected chi connectivity index (χ2v) is 6.09. The molecule has 108 valence electrons. The number of rotatable bonds is 6. The van der Waals surface area contributed by atoms with E-state index >= 15 is 0 Å². The standard InChI is InChI=1S/C14H19FN4S/c1-9(2)7-16-8-11-6-12(15)4-5-13(11)20-14-17-10(3)18-19-14/h4-6,9,16H,7-8H2,1-3H3,(H,17,18,19). The summed E-state index contributed by atoms with van der Waals surface area (Å²) >= 11 is 1.44. The van der Waals surface area contributed by atoms with Crippen LogP contribution in [-0.2, 0) is 6.54 Å². The summed E-state index contributed by atoms with van der Waals surface area (Å²) in [5.41, 5.74) is 0.929. The molecule has 0 bridgehead atoms. The summed E-state index contributed by atoms with van der Waals surface area (Å²) in [7, 11) is 0. The van der Waals surface area contributed by atoms with E-state index in [1.54, 1.807) is 12.1 Å². The summed E-state index contributed by atoms with van der Waals surface area (Å²) in [6, 6.07) is 4.81. The quantitative estimate of drug-likeness (QED) is 0.859. The number of aromatic nitrogens is 3. The molecule has 2 aromatic rings. The molecule has 0 aliphatic carbocycles. The van der Waals surface area contributed by atoms with Gasteiger partial charge in [0, 0.05) is 11.4 Å². The van der Waals surface area contributed by atoms with E-state index in [0.29, 0.717) is 17.6 Å². The van der Waals surface area contributed by atoms with E-state index < -0.39 is 0 Å². The molecular formula is C14H19FN4S. The molecule has 20 heavy (non-hydrogen) atoms. The first-order valence-corrected chi connectivity index (χ1v) is 7.42. The fraction of sp³-hybridized carbons (Fsp3) is 0.429. The Morgan fingerprint density at radius 1 is 1.40 bits per heavy atom. The number of hydrogen-bond acceptors (Lipinski definition) is 4. The highest BCUT2D eigenvalue weighted by Gasteiger charge is 2.09. The van der Waals surface area contributed by atoms with Crippen molar-refractivity contribution in [3.63, 3.8) is 0 Å². The Hall–Kier alpha value is -1.40. The van der Waals surface area contributed by atoms with Crippen LogP contribution >= 0.6 is 11.8 Å². The van der Waals surface area contributed by atoms with Gasteiger partial charge in [-0.05, 0) is 54.9 Å². The van der Waals surface area contributed by atoms with Crippen LogP contribution in [-0.4, -0.2) is 21.7 Å². The highest BCUT2D eigenvalue weighted by molar-refractivity contribution is 7.99. The maximum atomic E-state index is 13.4. The molecule has 0 fully saturated rings. The van der Waals surface area contributed by atoms with Crippen LogP contribution in [0.5, 0.6) is 0 Å². The SMILES string of the molecule is Cc1nc(Sc2ccc(F)cc2CNCC(C)C)n[nH]1. The highest BCUT2D eigenvalue weighted by atomic mass is 32.2. The van der Waals surface area contributed by atoms with Crippen molar-refractivity contribution in [3.8, 4) is 0 Å². The Bertz CT molecular complexity index is 568. The summed E-state index contributed by atoms with van der Waals surface area (Å²) in [5, 5.41) is 10.9. The van der Waals surface area contributed by atoms with Gasteiger partial charge in [0.25, 0.3) is 0 Å². The number of halogens is 1. The zero-order valence-corrected chi connectivity index (χ0v) is 12.7. The lowest BCUT2D eigenvalue weighted by molar-refractivity contribution is 0.547. The second kappa shape index (κ2) is 6.85. The third kappa shape index (κ3) is 4.31. The molecule has 0 spiro atoms. The Morgan fingerprint density at radius 3 is 2.85 bits per heavy atom. The van der Waals surface area contributed by atoms with Crippen molar-refractivity contribution >= 4 is 11.8 Å². The molecule has 0 aliphatic rings. The number of nitrogens with one attached hydrogen (secondary N) is 2. The molecule has 1 aromatic heterocycles. The minimum Gasteiger partial charge on any atom is -0.312 e. The molecule has 0 amide bonds. The minimum absolute atomic E-state index is 0.220. The molecule has 0 atom stereocenters. The van der Waals surface area contributed by atoms with Gasteiger partial charge in [-0.15, -0.1) is 5.10 Å². The van der Waals surface area contributed by atoms with Crippen molar-refractivity contribution in [2.24, 2.45) is 5.92 Å². The molecule has 6 heteroatoms. The van der Waals surface area contributed by atoms with Crippen LogP contribution in [0, 0.1) is 18.7 Å². The van der Waals surface area contributed by atoms with Gasteiger partial charge in [-0.3, -0.25) is 5.10 Å². The molecule has 2 N–H and O–H groups in total. The van der Waals surface area contributed by atoms with E-state index in [-0.39, 0.29) is 5.82 Å². The van der Waals surface area contributed by atoms with Crippen molar-refractivity contribution in [2.75, 3.05) is 6.54 Å². The maximum Gasteiger partial charge on any atom is 0.213 e. The van der Waals surface area contributed by atoms with Crippen LogP contribution in [0.4, 0.5) is 4.39 Å². The number of nitrogens with zero attached hydrogens (tertiary/aromatic N) is 2. The lowest BCUT2D eigenvalue weighted by Crippen LogP contribution is -2.19. The molecule has 1 heterocycles. The van der Waals surface area contributed by atoms with Crippen LogP contribution in [0.2, 0.25) is 0 Å². The third-order valence-electron chi connectivity index (χ3n) is 2.67. The lowest BCUT2D eigenvalue weighted by Gasteiger charge is -2.11. The molecule has 2 rings (SSSR count). The van der Waals surface area contributed by atoms with Gasteiger partial charge in [0.15, 0.2) is 0 Å². The second-order valence-electron chi connectivity index (χ2n) is 5.08. The van der Waals surface area contributed by atoms with Crippen LogP contribution < -0.4 is 5.32 Å². The van der Waals surface area contributed by atoms with Crippen LogP contribution in [0.3, 0.4) is 0 Å². The average molecular weight is 294 g/mol. The Balaban J connectivity index is 2.10. The Labute approximate surface area is 122 Å². The van der Waals surface area contributed by atoms with Gasteiger partial charge in [-0.1, -0.05) is 13.8 Å². The molecule has 0 saturated heterocycles. The van der Waals surface area contributed by atoms with Gasteiger partial charge >= 0.3 is 0 Å². The lowest BCUT2D eigenvalue weighted by atomic mass is 10.2. The van der Waals surface area contributed by atoms with Gasteiger partial charge in [-0.2, -0.15) is 0 Å². The number of hydrogen-bond donors (Lipinski definition) is 2. The number of H-pyrrole nitrogens is 1. The highest BCUT2D eigenvalue weighted by Crippen LogP contribution is 2.28. The first-order valence-electron chi connectivity index (χ1n) is 6.60. The van der Waals surface area contributed by atoms with Gasteiger partial charge in [0.2, 0.25) is 5.16 Å². The molecule has 0 aliphatic heterocycles. The Morgan fingerprint density at radius 2 is 2.20 bits per heavy atom. The minimum atomic E-state index is -0.220. The molecule has 0 radical (unpaired) electrons.